The summed E-state index contributed by atoms with van der Waals surface area (Å²) in [4.78, 5) is 4.34. The smallest absolute Gasteiger partial charge is 0.122 e. The van der Waals surface area contributed by atoms with E-state index in [9.17, 15) is 0 Å². The van der Waals surface area contributed by atoms with Crippen molar-refractivity contribution in [1.29, 1.82) is 0 Å². The molecule has 0 fully saturated rings. The Balaban J connectivity index is 1.62. The summed E-state index contributed by atoms with van der Waals surface area (Å²) in [5.41, 5.74) is 3.15. The molecule has 1 N–H and O–H groups in total. The lowest BCUT2D eigenvalue weighted by Gasteiger charge is -2.15. The Morgan fingerprint density at radius 3 is 2.70 bits per heavy atom. The molecule has 0 saturated heterocycles. The SMILES string of the molecule is COc1ccnc(CN[C@@H](C)c2ccc(-n3ccnn3)cc2)c1. The van der Waals surface area contributed by atoms with Crippen LogP contribution < -0.4 is 10.1 Å². The molecule has 6 nitrogen and oxygen atoms in total. The zero-order valence-corrected chi connectivity index (χ0v) is 13.2. The predicted octanol–water partition coefficient (Wildman–Crippen LogP) is 2.52. The second-order valence-corrected chi connectivity index (χ2v) is 5.23. The number of ether oxygens (including phenoxy) is 1. The van der Waals surface area contributed by atoms with Crippen molar-refractivity contribution in [3.63, 3.8) is 0 Å². The molecule has 2 heterocycles. The number of nitrogens with one attached hydrogen (secondary N) is 1. The molecule has 6 heteroatoms. The van der Waals surface area contributed by atoms with Crippen molar-refractivity contribution < 1.29 is 4.74 Å². The van der Waals surface area contributed by atoms with Crippen molar-refractivity contribution in [3.8, 4) is 11.4 Å². The fraction of sp³-hybridized carbons (Fsp3) is 0.235. The van der Waals surface area contributed by atoms with Gasteiger partial charge in [0.25, 0.3) is 0 Å². The van der Waals surface area contributed by atoms with Gasteiger partial charge in [-0.15, -0.1) is 5.10 Å². The van der Waals surface area contributed by atoms with Crippen molar-refractivity contribution in [1.82, 2.24) is 25.3 Å². The van der Waals surface area contributed by atoms with Crippen molar-refractivity contribution in [3.05, 3.63) is 66.2 Å². The lowest BCUT2D eigenvalue weighted by atomic mass is 10.1. The summed E-state index contributed by atoms with van der Waals surface area (Å²) in [6.07, 6.45) is 5.25. The first kappa shape index (κ1) is 15.2. The first-order valence-corrected chi connectivity index (χ1v) is 7.45. The van der Waals surface area contributed by atoms with E-state index in [1.807, 2.05) is 30.5 Å². The average molecular weight is 309 g/mol. The topological polar surface area (TPSA) is 64.9 Å². The number of pyridine rings is 1. The van der Waals surface area contributed by atoms with E-state index in [0.29, 0.717) is 6.54 Å². The second-order valence-electron chi connectivity index (χ2n) is 5.23. The Kier molecular flexibility index (Phi) is 4.63. The molecule has 0 aliphatic rings. The summed E-state index contributed by atoms with van der Waals surface area (Å²) in [7, 11) is 1.66. The maximum Gasteiger partial charge on any atom is 0.122 e. The van der Waals surface area contributed by atoms with Crippen molar-refractivity contribution >= 4 is 0 Å². The summed E-state index contributed by atoms with van der Waals surface area (Å²) in [5.74, 6) is 0.821. The van der Waals surface area contributed by atoms with Gasteiger partial charge < -0.3 is 10.1 Å². The van der Waals surface area contributed by atoms with Crippen LogP contribution in [0.4, 0.5) is 0 Å². The molecular weight excluding hydrogens is 290 g/mol. The zero-order chi connectivity index (χ0) is 16.1. The van der Waals surface area contributed by atoms with Crippen LogP contribution in [0.15, 0.2) is 55.0 Å². The number of benzene rings is 1. The van der Waals surface area contributed by atoms with Crippen LogP contribution in [-0.4, -0.2) is 27.1 Å². The molecule has 0 radical (unpaired) electrons. The van der Waals surface area contributed by atoms with Crippen LogP contribution in [0.25, 0.3) is 5.69 Å². The quantitative estimate of drug-likeness (QED) is 0.758. The van der Waals surface area contributed by atoms with Gasteiger partial charge in [0.2, 0.25) is 0 Å². The molecule has 1 aromatic carbocycles. The molecule has 0 bridgehead atoms. The maximum absolute atomic E-state index is 5.21. The van der Waals surface area contributed by atoms with Gasteiger partial charge in [0.05, 0.1) is 30.9 Å². The van der Waals surface area contributed by atoms with Crippen molar-refractivity contribution in [2.24, 2.45) is 0 Å². The molecule has 0 aliphatic heterocycles. The van der Waals surface area contributed by atoms with Gasteiger partial charge in [-0.1, -0.05) is 17.3 Å². The standard InChI is InChI=1S/C17H19N5O/c1-13(19-12-15-11-17(23-2)7-8-18-15)14-3-5-16(6-4-14)22-10-9-20-21-22/h3-11,13,19H,12H2,1-2H3/t13-/m0/s1. The minimum atomic E-state index is 0.216. The Hall–Kier alpha value is -2.73. The van der Waals surface area contributed by atoms with Gasteiger partial charge in [0.1, 0.15) is 5.75 Å². The Bertz CT molecular complexity index is 740. The van der Waals surface area contributed by atoms with Crippen LogP contribution >= 0.6 is 0 Å². The molecule has 118 valence electrons. The van der Waals surface area contributed by atoms with Gasteiger partial charge in [-0.05, 0) is 30.7 Å². The van der Waals surface area contributed by atoms with Crippen LogP contribution in [0.2, 0.25) is 0 Å². The number of hydrogen-bond donors (Lipinski definition) is 1. The highest BCUT2D eigenvalue weighted by molar-refractivity contribution is 5.34. The molecule has 23 heavy (non-hydrogen) atoms. The summed E-state index contributed by atoms with van der Waals surface area (Å²) in [6.45, 7) is 2.81. The first-order chi connectivity index (χ1) is 11.3. The van der Waals surface area contributed by atoms with Crippen LogP contribution in [0, 0.1) is 0 Å². The highest BCUT2D eigenvalue weighted by Crippen LogP contribution is 2.16. The van der Waals surface area contributed by atoms with Crippen LogP contribution in [0.3, 0.4) is 0 Å². The highest BCUT2D eigenvalue weighted by atomic mass is 16.5. The van der Waals surface area contributed by atoms with Crippen LogP contribution in [0.5, 0.6) is 5.75 Å². The molecule has 0 spiro atoms. The summed E-state index contributed by atoms with van der Waals surface area (Å²) in [6, 6.07) is 12.2. The Labute approximate surface area is 135 Å². The summed E-state index contributed by atoms with van der Waals surface area (Å²) >= 11 is 0. The lowest BCUT2D eigenvalue weighted by Crippen LogP contribution is -2.18. The van der Waals surface area contributed by atoms with E-state index in [0.717, 1.165) is 17.1 Å². The highest BCUT2D eigenvalue weighted by Gasteiger charge is 2.06. The number of nitrogens with zero attached hydrogens (tertiary/aromatic N) is 4. The van der Waals surface area contributed by atoms with Gasteiger partial charge in [0, 0.05) is 24.8 Å². The molecule has 0 unspecified atom stereocenters. The van der Waals surface area contributed by atoms with E-state index in [2.05, 4.69) is 39.7 Å². The third-order valence-electron chi connectivity index (χ3n) is 3.69. The van der Waals surface area contributed by atoms with E-state index in [1.54, 1.807) is 24.2 Å². The summed E-state index contributed by atoms with van der Waals surface area (Å²) < 4.78 is 6.95. The molecule has 0 saturated carbocycles. The van der Waals surface area contributed by atoms with Gasteiger partial charge in [0.15, 0.2) is 0 Å². The van der Waals surface area contributed by atoms with Gasteiger partial charge in [-0.2, -0.15) is 0 Å². The third kappa shape index (κ3) is 3.73. The van der Waals surface area contributed by atoms with E-state index >= 15 is 0 Å². The largest absolute Gasteiger partial charge is 0.497 e. The van der Waals surface area contributed by atoms with Gasteiger partial charge in [-0.25, -0.2) is 4.68 Å². The molecule has 0 aliphatic carbocycles. The fourth-order valence-corrected chi connectivity index (χ4v) is 2.32. The number of hydrogen-bond acceptors (Lipinski definition) is 5. The first-order valence-electron chi connectivity index (χ1n) is 7.45. The second kappa shape index (κ2) is 7.02. The van der Waals surface area contributed by atoms with Crippen molar-refractivity contribution in [2.45, 2.75) is 19.5 Å². The normalized spacial score (nSPS) is 12.1. The maximum atomic E-state index is 5.21. The molecular formula is C17H19N5O. The van der Waals surface area contributed by atoms with E-state index in [4.69, 9.17) is 4.74 Å². The van der Waals surface area contributed by atoms with Crippen molar-refractivity contribution in [2.75, 3.05) is 7.11 Å². The van der Waals surface area contributed by atoms with E-state index in [-0.39, 0.29) is 6.04 Å². The molecule has 0 amide bonds. The Morgan fingerprint density at radius 1 is 1.17 bits per heavy atom. The van der Waals surface area contributed by atoms with E-state index < -0.39 is 0 Å². The predicted molar refractivity (Wildman–Crippen MR) is 87.4 cm³/mol. The van der Waals surface area contributed by atoms with Crippen LogP contribution in [0.1, 0.15) is 24.2 Å². The summed E-state index contributed by atoms with van der Waals surface area (Å²) in [5, 5.41) is 11.3. The van der Waals surface area contributed by atoms with E-state index in [1.165, 1.54) is 5.56 Å². The third-order valence-corrected chi connectivity index (χ3v) is 3.69. The molecule has 1 atom stereocenters. The van der Waals surface area contributed by atoms with Crippen LogP contribution in [-0.2, 0) is 6.54 Å². The minimum absolute atomic E-state index is 0.216. The van der Waals surface area contributed by atoms with Gasteiger partial charge in [-0.3, -0.25) is 4.98 Å². The molecule has 2 aromatic heterocycles. The number of aromatic nitrogens is 4. The number of rotatable bonds is 6. The monoisotopic (exact) mass is 309 g/mol. The lowest BCUT2D eigenvalue weighted by molar-refractivity contribution is 0.413. The Morgan fingerprint density at radius 2 is 2.00 bits per heavy atom. The molecule has 3 rings (SSSR count). The zero-order valence-electron chi connectivity index (χ0n) is 13.2. The minimum Gasteiger partial charge on any atom is -0.497 e. The van der Waals surface area contributed by atoms with Gasteiger partial charge >= 0.3 is 0 Å². The average Bonchev–Trinajstić information content (AvgIpc) is 3.14. The fourth-order valence-electron chi connectivity index (χ4n) is 2.32. The molecule has 3 aromatic rings. The number of methoxy groups -OCH3 is 1.